The van der Waals surface area contributed by atoms with Crippen LogP contribution in [0.15, 0.2) is 59.4 Å². The summed E-state index contributed by atoms with van der Waals surface area (Å²) in [6.45, 7) is 12.6. The van der Waals surface area contributed by atoms with Crippen molar-refractivity contribution in [3.8, 4) is 17.0 Å². The standard InChI is InChI=1S/C47H52FN11O5/c1-27-32(28(2)51-43(61)44-54-45(55-64-44)47(3)14-15-47)9-10-33(40(27)48)41-39-34-23-37(63-4)36(24-35(34)52-42(39)50-26-49-41)58-21-19-56(20-22-58)25-29-11-16-57(17-12-29)30-5-7-31(8-6-30)59-18-13-38(60)53-46(59)62/h5-10,23-24,26,28-29H,11-22,25H2,1-4H3,(H,51,61)(H,49,50,52)(H,53,60,62). The molecule has 4 amide bonds. The maximum Gasteiger partial charge on any atom is 0.328 e. The van der Waals surface area contributed by atoms with Crippen molar-refractivity contribution in [1.29, 1.82) is 0 Å². The summed E-state index contributed by atoms with van der Waals surface area (Å²) < 4.78 is 27.7. The molecular weight excluding hydrogens is 818 g/mol. The number of aromatic amines is 1. The number of rotatable bonds is 11. The largest absolute Gasteiger partial charge is 0.495 e. The number of nitrogens with one attached hydrogen (secondary N) is 3. The van der Waals surface area contributed by atoms with Gasteiger partial charge in [0.15, 0.2) is 5.82 Å². The lowest BCUT2D eigenvalue weighted by atomic mass is 9.95. The van der Waals surface area contributed by atoms with Crippen molar-refractivity contribution in [2.45, 2.75) is 64.3 Å². The second kappa shape index (κ2) is 16.5. The quantitative estimate of drug-likeness (QED) is 0.127. The third-order valence-corrected chi connectivity index (χ3v) is 13.8. The first-order valence-electron chi connectivity index (χ1n) is 22.2. The normalized spacial score (nSPS) is 18.7. The minimum absolute atomic E-state index is 0.105. The van der Waals surface area contributed by atoms with Crippen LogP contribution in [-0.4, -0.2) is 107 Å². The maximum absolute atomic E-state index is 16.5. The van der Waals surface area contributed by atoms with Crippen LogP contribution in [-0.2, 0) is 10.2 Å². The number of aromatic nitrogens is 5. The lowest BCUT2D eigenvalue weighted by molar-refractivity contribution is -0.120. The van der Waals surface area contributed by atoms with E-state index in [0.717, 1.165) is 105 Å². The van der Waals surface area contributed by atoms with E-state index in [1.54, 1.807) is 31.9 Å². The molecule has 3 saturated heterocycles. The first kappa shape index (κ1) is 41.4. The van der Waals surface area contributed by atoms with E-state index in [9.17, 15) is 14.4 Å². The number of urea groups is 1. The second-order valence-electron chi connectivity index (χ2n) is 18.0. The zero-order chi connectivity index (χ0) is 44.3. The Morgan fingerprint density at radius 2 is 1.73 bits per heavy atom. The summed E-state index contributed by atoms with van der Waals surface area (Å²) >= 11 is 0. The van der Waals surface area contributed by atoms with Gasteiger partial charge in [-0.2, -0.15) is 4.98 Å². The predicted octanol–water partition coefficient (Wildman–Crippen LogP) is 6.64. The summed E-state index contributed by atoms with van der Waals surface area (Å²) in [7, 11) is 1.68. The number of methoxy groups -OCH3 is 1. The number of nitrogens with zero attached hydrogens (tertiary/aromatic N) is 8. The molecule has 10 rings (SSSR count). The van der Waals surface area contributed by atoms with Gasteiger partial charge in [-0.05, 0) is 99.0 Å². The molecule has 16 nitrogen and oxygen atoms in total. The molecule has 4 fully saturated rings. The smallest absolute Gasteiger partial charge is 0.328 e. The van der Waals surface area contributed by atoms with Crippen molar-refractivity contribution in [3.63, 3.8) is 0 Å². The Hall–Kier alpha value is -6.62. The van der Waals surface area contributed by atoms with Gasteiger partial charge < -0.3 is 29.4 Å². The third kappa shape index (κ3) is 7.75. The second-order valence-corrected chi connectivity index (χ2v) is 18.0. The van der Waals surface area contributed by atoms with Crippen LogP contribution in [0.1, 0.15) is 79.6 Å². The molecule has 6 heterocycles. The number of piperazine rings is 1. The molecule has 1 unspecified atom stereocenters. The van der Waals surface area contributed by atoms with E-state index < -0.39 is 17.8 Å². The Morgan fingerprint density at radius 3 is 2.45 bits per heavy atom. The zero-order valence-electron chi connectivity index (χ0n) is 36.5. The van der Waals surface area contributed by atoms with E-state index in [4.69, 9.17) is 9.26 Å². The first-order chi connectivity index (χ1) is 31.0. The van der Waals surface area contributed by atoms with Gasteiger partial charge in [0.25, 0.3) is 0 Å². The van der Waals surface area contributed by atoms with Crippen LogP contribution in [0.5, 0.6) is 5.75 Å². The fourth-order valence-corrected chi connectivity index (χ4v) is 9.58. The third-order valence-electron chi connectivity index (χ3n) is 13.8. The van der Waals surface area contributed by atoms with Crippen molar-refractivity contribution in [3.05, 3.63) is 83.5 Å². The van der Waals surface area contributed by atoms with E-state index in [1.807, 2.05) is 31.2 Å². The number of imide groups is 1. The number of hydrogen-bond donors (Lipinski definition) is 3. The summed E-state index contributed by atoms with van der Waals surface area (Å²) in [6.07, 6.45) is 5.89. The number of carbonyl (C=O) groups excluding carboxylic acids is 3. The highest BCUT2D eigenvalue weighted by Gasteiger charge is 2.44. The summed E-state index contributed by atoms with van der Waals surface area (Å²) in [5, 5.41) is 10.8. The Bertz CT molecular complexity index is 2770. The SMILES string of the molecule is COc1cc2c(cc1N1CCN(CC3CCN(c4ccc(N5CCC(=O)NC5=O)cc4)CC3)CC1)[nH]c1ncnc(-c3ccc(C(C)NC(=O)c4nc(C5(C)CC5)no4)c(C)c3F)c12. The molecule has 1 saturated carbocycles. The van der Waals surface area contributed by atoms with E-state index in [2.05, 4.69) is 68.6 Å². The highest BCUT2D eigenvalue weighted by Crippen LogP contribution is 2.46. The zero-order valence-corrected chi connectivity index (χ0v) is 36.5. The van der Waals surface area contributed by atoms with Crippen LogP contribution in [0.3, 0.4) is 0 Å². The maximum atomic E-state index is 16.5. The molecule has 3 aromatic heterocycles. The van der Waals surface area contributed by atoms with Crippen LogP contribution >= 0.6 is 0 Å². The number of benzene rings is 3. The Morgan fingerprint density at radius 1 is 0.984 bits per heavy atom. The van der Waals surface area contributed by atoms with Gasteiger partial charge in [0.05, 0.1) is 35.4 Å². The number of fused-ring (bicyclic) bond motifs is 3. The molecule has 1 aliphatic carbocycles. The molecule has 0 bridgehead atoms. The monoisotopic (exact) mass is 869 g/mol. The van der Waals surface area contributed by atoms with Gasteiger partial charge in [-0.1, -0.05) is 18.1 Å². The van der Waals surface area contributed by atoms with Crippen LogP contribution in [0, 0.1) is 18.7 Å². The van der Waals surface area contributed by atoms with Crippen LogP contribution < -0.4 is 30.1 Å². The molecule has 0 spiro atoms. The van der Waals surface area contributed by atoms with Gasteiger partial charge in [-0.25, -0.2) is 19.2 Å². The molecule has 332 valence electrons. The minimum Gasteiger partial charge on any atom is -0.495 e. The van der Waals surface area contributed by atoms with Crippen molar-refractivity contribution in [2.24, 2.45) is 5.92 Å². The number of amides is 4. The fourth-order valence-electron chi connectivity index (χ4n) is 9.58. The van der Waals surface area contributed by atoms with E-state index in [1.165, 1.54) is 6.33 Å². The Labute approximate surface area is 369 Å². The highest BCUT2D eigenvalue weighted by atomic mass is 19.1. The van der Waals surface area contributed by atoms with Crippen molar-refractivity contribution in [1.82, 2.24) is 40.6 Å². The summed E-state index contributed by atoms with van der Waals surface area (Å²) in [5.74, 6) is 0.600. The molecule has 6 aromatic rings. The molecule has 4 aliphatic rings. The van der Waals surface area contributed by atoms with Gasteiger partial charge in [0.2, 0.25) is 5.91 Å². The molecule has 64 heavy (non-hydrogen) atoms. The van der Waals surface area contributed by atoms with Gasteiger partial charge in [-0.3, -0.25) is 24.7 Å². The Balaban J connectivity index is 0.784. The van der Waals surface area contributed by atoms with E-state index in [0.29, 0.717) is 58.1 Å². The Kier molecular flexibility index (Phi) is 10.7. The summed E-state index contributed by atoms with van der Waals surface area (Å²) in [6, 6.07) is 14.8. The van der Waals surface area contributed by atoms with Crippen molar-refractivity contribution in [2.75, 3.05) is 74.2 Å². The summed E-state index contributed by atoms with van der Waals surface area (Å²) in [4.78, 5) is 62.8. The van der Waals surface area contributed by atoms with Crippen molar-refractivity contribution < 1.29 is 28.0 Å². The molecule has 3 aromatic carbocycles. The highest BCUT2D eigenvalue weighted by molar-refractivity contribution is 6.13. The van der Waals surface area contributed by atoms with Gasteiger partial charge in [0, 0.05) is 86.5 Å². The molecule has 3 N–H and O–H groups in total. The lowest BCUT2D eigenvalue weighted by Gasteiger charge is -2.40. The number of piperidine rings is 1. The molecule has 17 heteroatoms. The first-order valence-corrected chi connectivity index (χ1v) is 22.2. The lowest BCUT2D eigenvalue weighted by Crippen LogP contribution is -2.49. The average Bonchev–Trinajstić information content (AvgIpc) is 3.66. The molecule has 1 atom stereocenters. The van der Waals surface area contributed by atoms with Gasteiger partial charge >= 0.3 is 17.8 Å². The van der Waals surface area contributed by atoms with Gasteiger partial charge in [-0.15, -0.1) is 0 Å². The fraction of sp³-hybridized carbons (Fsp3) is 0.426. The number of H-pyrrole nitrogens is 1. The predicted molar refractivity (Wildman–Crippen MR) is 240 cm³/mol. The number of hydrogen-bond acceptors (Lipinski definition) is 12. The average molecular weight is 870 g/mol. The topological polar surface area (TPSA) is 178 Å². The van der Waals surface area contributed by atoms with Crippen LogP contribution in [0.2, 0.25) is 0 Å². The van der Waals surface area contributed by atoms with Crippen LogP contribution in [0.25, 0.3) is 33.2 Å². The molecule has 0 radical (unpaired) electrons. The number of ether oxygens (including phenoxy) is 1. The van der Waals surface area contributed by atoms with Crippen LogP contribution in [0.4, 0.5) is 26.2 Å². The number of anilines is 3. The number of carbonyl (C=O) groups is 3. The van der Waals surface area contributed by atoms with E-state index >= 15 is 4.39 Å². The minimum atomic E-state index is -0.533. The van der Waals surface area contributed by atoms with Crippen molar-refractivity contribution >= 4 is 56.8 Å². The van der Waals surface area contributed by atoms with Gasteiger partial charge in [0.1, 0.15) is 23.5 Å². The number of halogens is 1. The molecule has 3 aliphatic heterocycles. The van der Waals surface area contributed by atoms with E-state index in [-0.39, 0.29) is 23.2 Å². The summed E-state index contributed by atoms with van der Waals surface area (Å²) in [5.41, 5.74) is 6.07. The molecular formula is C47H52FN11O5.